The SMILES string of the molecule is CC(C)[C@@H](N[C@H](C)C(=O)NCc1cccs1)c1ccccc1. The number of carbonyl (C=O) groups is 1. The van der Waals surface area contributed by atoms with E-state index in [-0.39, 0.29) is 18.0 Å². The Bertz CT molecular complexity index is 566. The third-order valence-corrected chi connectivity index (χ3v) is 4.54. The van der Waals surface area contributed by atoms with E-state index in [0.717, 1.165) is 0 Å². The first-order valence-electron chi connectivity index (χ1n) is 7.69. The van der Waals surface area contributed by atoms with Gasteiger partial charge in [0.1, 0.15) is 0 Å². The molecule has 2 N–H and O–H groups in total. The number of benzene rings is 1. The average Bonchev–Trinajstić information content (AvgIpc) is 3.04. The lowest BCUT2D eigenvalue weighted by atomic mass is 9.95. The molecule has 0 saturated heterocycles. The molecule has 1 aromatic heterocycles. The van der Waals surface area contributed by atoms with Crippen molar-refractivity contribution in [2.45, 2.75) is 39.4 Å². The second kappa shape index (κ2) is 8.11. The Hall–Kier alpha value is -1.65. The standard InChI is InChI=1S/C18H24N2OS/c1-13(2)17(15-8-5-4-6-9-15)20-14(3)18(21)19-12-16-10-7-11-22-16/h4-11,13-14,17,20H,12H2,1-3H3,(H,19,21)/t14-,17-/m1/s1. The van der Waals surface area contributed by atoms with Gasteiger partial charge in [0.25, 0.3) is 0 Å². The minimum atomic E-state index is -0.229. The topological polar surface area (TPSA) is 41.1 Å². The van der Waals surface area contributed by atoms with Crippen molar-refractivity contribution in [2.24, 2.45) is 5.92 Å². The molecule has 0 unspecified atom stereocenters. The Morgan fingerprint density at radius 3 is 2.41 bits per heavy atom. The van der Waals surface area contributed by atoms with Crippen LogP contribution in [0.15, 0.2) is 47.8 Å². The van der Waals surface area contributed by atoms with Gasteiger partial charge in [0, 0.05) is 10.9 Å². The number of hydrogen-bond acceptors (Lipinski definition) is 3. The molecule has 22 heavy (non-hydrogen) atoms. The predicted molar refractivity (Wildman–Crippen MR) is 92.8 cm³/mol. The van der Waals surface area contributed by atoms with Gasteiger partial charge in [-0.2, -0.15) is 0 Å². The molecular weight excluding hydrogens is 292 g/mol. The molecule has 0 spiro atoms. The molecule has 2 rings (SSSR count). The van der Waals surface area contributed by atoms with Gasteiger partial charge in [-0.05, 0) is 29.9 Å². The maximum Gasteiger partial charge on any atom is 0.237 e. The van der Waals surface area contributed by atoms with Gasteiger partial charge in [0.2, 0.25) is 5.91 Å². The highest BCUT2D eigenvalue weighted by Gasteiger charge is 2.21. The normalized spacial score (nSPS) is 13.8. The summed E-state index contributed by atoms with van der Waals surface area (Å²) in [4.78, 5) is 13.4. The van der Waals surface area contributed by atoms with E-state index in [0.29, 0.717) is 12.5 Å². The first kappa shape index (κ1) is 16.7. The Morgan fingerprint density at radius 2 is 1.82 bits per heavy atom. The molecule has 4 heteroatoms. The zero-order chi connectivity index (χ0) is 15.9. The Balaban J connectivity index is 1.93. The van der Waals surface area contributed by atoms with Crippen molar-refractivity contribution in [1.82, 2.24) is 10.6 Å². The third kappa shape index (κ3) is 4.68. The summed E-state index contributed by atoms with van der Waals surface area (Å²) in [5.41, 5.74) is 1.22. The van der Waals surface area contributed by atoms with Crippen LogP contribution in [-0.4, -0.2) is 11.9 Å². The van der Waals surface area contributed by atoms with Gasteiger partial charge in [0.05, 0.1) is 12.6 Å². The van der Waals surface area contributed by atoms with Gasteiger partial charge in [-0.15, -0.1) is 11.3 Å². The largest absolute Gasteiger partial charge is 0.350 e. The maximum absolute atomic E-state index is 12.3. The molecule has 118 valence electrons. The number of thiophene rings is 1. The van der Waals surface area contributed by atoms with Crippen molar-refractivity contribution in [3.8, 4) is 0 Å². The molecule has 0 radical (unpaired) electrons. The molecule has 1 heterocycles. The van der Waals surface area contributed by atoms with E-state index in [4.69, 9.17) is 0 Å². The number of carbonyl (C=O) groups excluding carboxylic acids is 1. The van der Waals surface area contributed by atoms with Gasteiger partial charge in [-0.25, -0.2) is 0 Å². The number of nitrogens with one attached hydrogen (secondary N) is 2. The predicted octanol–water partition coefficient (Wildman–Crippen LogP) is 3.74. The van der Waals surface area contributed by atoms with Crippen molar-refractivity contribution in [3.63, 3.8) is 0 Å². The number of rotatable bonds is 7. The summed E-state index contributed by atoms with van der Waals surface area (Å²) < 4.78 is 0. The highest BCUT2D eigenvalue weighted by Crippen LogP contribution is 2.21. The summed E-state index contributed by atoms with van der Waals surface area (Å²) in [6.45, 7) is 6.85. The van der Waals surface area contributed by atoms with E-state index in [1.165, 1.54) is 10.4 Å². The molecule has 0 fully saturated rings. The fourth-order valence-corrected chi connectivity index (χ4v) is 3.06. The van der Waals surface area contributed by atoms with Crippen LogP contribution in [0.25, 0.3) is 0 Å². The molecule has 0 aliphatic heterocycles. The Kier molecular flexibility index (Phi) is 6.16. The third-order valence-electron chi connectivity index (χ3n) is 3.67. The lowest BCUT2D eigenvalue weighted by Crippen LogP contribution is -2.44. The van der Waals surface area contributed by atoms with Gasteiger partial charge >= 0.3 is 0 Å². The van der Waals surface area contributed by atoms with E-state index < -0.39 is 0 Å². The molecule has 1 amide bonds. The average molecular weight is 316 g/mol. The van der Waals surface area contributed by atoms with Crippen LogP contribution in [0.2, 0.25) is 0 Å². The first-order chi connectivity index (χ1) is 10.6. The molecule has 2 aromatic rings. The summed E-state index contributed by atoms with van der Waals surface area (Å²) in [5, 5.41) is 8.46. The molecule has 3 nitrogen and oxygen atoms in total. The second-order valence-electron chi connectivity index (χ2n) is 5.82. The summed E-state index contributed by atoms with van der Waals surface area (Å²) >= 11 is 1.66. The van der Waals surface area contributed by atoms with Gasteiger partial charge < -0.3 is 5.32 Å². The second-order valence-corrected chi connectivity index (χ2v) is 6.85. The molecule has 1 aromatic carbocycles. The van der Waals surface area contributed by atoms with Crippen LogP contribution < -0.4 is 10.6 Å². The fraction of sp³-hybridized carbons (Fsp3) is 0.389. The van der Waals surface area contributed by atoms with Gasteiger partial charge in [-0.3, -0.25) is 10.1 Å². The summed E-state index contributed by atoms with van der Waals surface area (Å²) in [5.74, 6) is 0.449. The van der Waals surface area contributed by atoms with E-state index in [2.05, 4.69) is 36.6 Å². The minimum Gasteiger partial charge on any atom is -0.350 e. The molecule has 0 aliphatic rings. The zero-order valence-electron chi connectivity index (χ0n) is 13.4. The number of amides is 1. The Labute approximate surface area is 136 Å². The van der Waals surface area contributed by atoms with Crippen LogP contribution in [0, 0.1) is 5.92 Å². The molecular formula is C18H24N2OS. The number of hydrogen-bond donors (Lipinski definition) is 2. The maximum atomic E-state index is 12.3. The first-order valence-corrected chi connectivity index (χ1v) is 8.57. The molecule has 2 atom stereocenters. The van der Waals surface area contributed by atoms with Crippen molar-refractivity contribution >= 4 is 17.2 Å². The van der Waals surface area contributed by atoms with Crippen molar-refractivity contribution in [3.05, 3.63) is 58.3 Å². The van der Waals surface area contributed by atoms with Crippen LogP contribution in [0.3, 0.4) is 0 Å². The molecule has 0 aliphatic carbocycles. The molecule has 0 saturated carbocycles. The zero-order valence-corrected chi connectivity index (χ0v) is 14.2. The molecule has 0 bridgehead atoms. The van der Waals surface area contributed by atoms with Crippen molar-refractivity contribution < 1.29 is 4.79 Å². The van der Waals surface area contributed by atoms with Crippen LogP contribution in [-0.2, 0) is 11.3 Å². The summed E-state index contributed by atoms with van der Waals surface area (Å²) in [6.07, 6.45) is 0. The van der Waals surface area contributed by atoms with Crippen LogP contribution in [0.5, 0.6) is 0 Å². The van der Waals surface area contributed by atoms with E-state index in [1.54, 1.807) is 11.3 Å². The fourth-order valence-electron chi connectivity index (χ4n) is 2.42. The lowest BCUT2D eigenvalue weighted by molar-refractivity contribution is -0.123. The summed E-state index contributed by atoms with van der Waals surface area (Å²) in [6, 6.07) is 14.3. The smallest absolute Gasteiger partial charge is 0.237 e. The van der Waals surface area contributed by atoms with E-state index >= 15 is 0 Å². The lowest BCUT2D eigenvalue weighted by Gasteiger charge is -2.26. The van der Waals surface area contributed by atoms with Crippen LogP contribution >= 0.6 is 11.3 Å². The summed E-state index contributed by atoms with van der Waals surface area (Å²) in [7, 11) is 0. The monoisotopic (exact) mass is 316 g/mol. The quantitative estimate of drug-likeness (QED) is 0.817. The van der Waals surface area contributed by atoms with E-state index in [1.807, 2.05) is 42.6 Å². The van der Waals surface area contributed by atoms with Crippen LogP contribution in [0.4, 0.5) is 0 Å². The van der Waals surface area contributed by atoms with Crippen molar-refractivity contribution in [2.75, 3.05) is 0 Å². The highest BCUT2D eigenvalue weighted by atomic mass is 32.1. The van der Waals surface area contributed by atoms with Crippen LogP contribution in [0.1, 0.15) is 37.3 Å². The van der Waals surface area contributed by atoms with Crippen molar-refractivity contribution in [1.29, 1.82) is 0 Å². The Morgan fingerprint density at radius 1 is 1.09 bits per heavy atom. The van der Waals surface area contributed by atoms with E-state index in [9.17, 15) is 4.79 Å². The minimum absolute atomic E-state index is 0.0370. The van der Waals surface area contributed by atoms with Gasteiger partial charge in [0.15, 0.2) is 0 Å². The highest BCUT2D eigenvalue weighted by molar-refractivity contribution is 7.09. The van der Waals surface area contributed by atoms with Gasteiger partial charge in [-0.1, -0.05) is 50.2 Å².